The van der Waals surface area contributed by atoms with Crippen LogP contribution in [0.2, 0.25) is 5.02 Å². The summed E-state index contributed by atoms with van der Waals surface area (Å²) in [6.07, 6.45) is 0. The second kappa shape index (κ2) is 4.41. The Morgan fingerprint density at radius 3 is 2.72 bits per heavy atom. The molecule has 1 heterocycles. The summed E-state index contributed by atoms with van der Waals surface area (Å²) in [6, 6.07) is 12.4. The second-order valence-corrected chi connectivity index (χ2v) is 5.33. The molecule has 2 aromatic carbocycles. The highest BCUT2D eigenvalue weighted by atomic mass is 79.9. The maximum absolute atomic E-state index is 13.8. The van der Waals surface area contributed by atoms with Gasteiger partial charge in [-0.05, 0) is 36.4 Å². The topological polar surface area (TPSA) is 15.8 Å². The Kier molecular flexibility index (Phi) is 2.88. The zero-order chi connectivity index (χ0) is 12.7. The van der Waals surface area contributed by atoms with Crippen LogP contribution in [0.1, 0.15) is 0 Å². The molecule has 0 atom stereocenters. The van der Waals surface area contributed by atoms with Gasteiger partial charge in [0.05, 0.1) is 16.3 Å². The molecule has 0 radical (unpaired) electrons. The van der Waals surface area contributed by atoms with Gasteiger partial charge in [-0.1, -0.05) is 33.6 Å². The number of rotatable bonds is 1. The van der Waals surface area contributed by atoms with E-state index in [1.54, 1.807) is 12.1 Å². The monoisotopic (exact) mass is 323 g/mol. The summed E-state index contributed by atoms with van der Waals surface area (Å²) in [6.45, 7) is 0. The van der Waals surface area contributed by atoms with Crippen LogP contribution >= 0.6 is 27.5 Å². The second-order valence-electron chi connectivity index (χ2n) is 4.01. The van der Waals surface area contributed by atoms with Crippen LogP contribution in [0.4, 0.5) is 4.39 Å². The van der Waals surface area contributed by atoms with E-state index in [2.05, 4.69) is 20.9 Å². The first kappa shape index (κ1) is 11.8. The van der Waals surface area contributed by atoms with Crippen LogP contribution in [0.25, 0.3) is 22.2 Å². The summed E-state index contributed by atoms with van der Waals surface area (Å²) in [5, 5.41) is 1.42. The van der Waals surface area contributed by atoms with Crippen LogP contribution in [-0.4, -0.2) is 4.98 Å². The normalized spacial score (nSPS) is 11.1. The first-order chi connectivity index (χ1) is 8.65. The molecule has 0 fully saturated rings. The SMILES string of the molecule is Fc1cccc(Cl)c1-c1cc2cc(Br)ccc2[nH]1. The van der Waals surface area contributed by atoms with Crippen molar-refractivity contribution in [3.05, 3.63) is 57.8 Å². The predicted molar refractivity (Wildman–Crippen MR) is 76.4 cm³/mol. The third-order valence-electron chi connectivity index (χ3n) is 2.81. The summed E-state index contributed by atoms with van der Waals surface area (Å²) in [5.74, 6) is -0.326. The van der Waals surface area contributed by atoms with Crippen LogP contribution < -0.4 is 0 Å². The highest BCUT2D eigenvalue weighted by Gasteiger charge is 2.12. The fourth-order valence-corrected chi connectivity index (χ4v) is 2.64. The van der Waals surface area contributed by atoms with E-state index in [-0.39, 0.29) is 5.82 Å². The average Bonchev–Trinajstić information content (AvgIpc) is 2.71. The maximum Gasteiger partial charge on any atom is 0.134 e. The van der Waals surface area contributed by atoms with E-state index in [9.17, 15) is 4.39 Å². The molecule has 0 aliphatic carbocycles. The Hall–Kier alpha value is -1.32. The molecule has 1 N–H and O–H groups in total. The van der Waals surface area contributed by atoms with Crippen molar-refractivity contribution in [2.45, 2.75) is 0 Å². The van der Waals surface area contributed by atoms with Gasteiger partial charge in [0, 0.05) is 15.4 Å². The molecule has 90 valence electrons. The van der Waals surface area contributed by atoms with Crippen LogP contribution in [0.15, 0.2) is 46.9 Å². The standard InChI is InChI=1S/C14H8BrClFN/c15-9-4-5-12-8(6-9)7-13(18-12)14-10(16)2-1-3-11(14)17/h1-7,18H. The minimum atomic E-state index is -0.326. The molecule has 0 saturated carbocycles. The zero-order valence-corrected chi connectivity index (χ0v) is 11.5. The molecule has 0 unspecified atom stereocenters. The number of H-pyrrole nitrogens is 1. The Balaban J connectivity index is 2.26. The van der Waals surface area contributed by atoms with Gasteiger partial charge in [0.25, 0.3) is 0 Å². The number of aromatic amines is 1. The van der Waals surface area contributed by atoms with E-state index >= 15 is 0 Å². The van der Waals surface area contributed by atoms with Gasteiger partial charge < -0.3 is 4.98 Å². The van der Waals surface area contributed by atoms with Gasteiger partial charge in [-0.3, -0.25) is 0 Å². The van der Waals surface area contributed by atoms with E-state index in [1.165, 1.54) is 6.07 Å². The smallest absolute Gasteiger partial charge is 0.134 e. The van der Waals surface area contributed by atoms with Crippen molar-refractivity contribution < 1.29 is 4.39 Å². The Morgan fingerprint density at radius 2 is 1.94 bits per heavy atom. The summed E-state index contributed by atoms with van der Waals surface area (Å²) in [4.78, 5) is 3.18. The number of hydrogen-bond donors (Lipinski definition) is 1. The van der Waals surface area contributed by atoms with Crippen molar-refractivity contribution in [2.75, 3.05) is 0 Å². The quantitative estimate of drug-likeness (QED) is 0.617. The lowest BCUT2D eigenvalue weighted by Gasteiger charge is -2.02. The summed E-state index contributed by atoms with van der Waals surface area (Å²) in [5.41, 5.74) is 2.05. The molecule has 0 saturated heterocycles. The van der Waals surface area contributed by atoms with Gasteiger partial charge in [0.2, 0.25) is 0 Å². The fourth-order valence-electron chi connectivity index (χ4n) is 1.99. The molecule has 18 heavy (non-hydrogen) atoms. The largest absolute Gasteiger partial charge is 0.354 e. The van der Waals surface area contributed by atoms with Gasteiger partial charge >= 0.3 is 0 Å². The summed E-state index contributed by atoms with van der Waals surface area (Å²) < 4.78 is 14.8. The van der Waals surface area contributed by atoms with Crippen LogP contribution in [0, 0.1) is 5.82 Å². The fraction of sp³-hybridized carbons (Fsp3) is 0. The van der Waals surface area contributed by atoms with Gasteiger partial charge in [-0.15, -0.1) is 0 Å². The van der Waals surface area contributed by atoms with E-state index in [1.807, 2.05) is 24.3 Å². The highest BCUT2D eigenvalue weighted by molar-refractivity contribution is 9.10. The molecule has 3 rings (SSSR count). The van der Waals surface area contributed by atoms with Gasteiger partial charge in [0.15, 0.2) is 0 Å². The van der Waals surface area contributed by atoms with Crippen molar-refractivity contribution in [2.24, 2.45) is 0 Å². The van der Waals surface area contributed by atoms with Gasteiger partial charge in [0.1, 0.15) is 5.82 Å². The molecule has 3 aromatic rings. The predicted octanol–water partition coefficient (Wildman–Crippen LogP) is 5.39. The third kappa shape index (κ3) is 1.93. The molecule has 0 amide bonds. The molecule has 0 aliphatic rings. The zero-order valence-electron chi connectivity index (χ0n) is 9.18. The Morgan fingerprint density at radius 1 is 1.11 bits per heavy atom. The molecular weight excluding hydrogens is 317 g/mol. The maximum atomic E-state index is 13.8. The van der Waals surface area contributed by atoms with Crippen LogP contribution in [-0.2, 0) is 0 Å². The minimum absolute atomic E-state index is 0.326. The number of hydrogen-bond acceptors (Lipinski definition) is 0. The lowest BCUT2D eigenvalue weighted by Crippen LogP contribution is -1.85. The molecule has 1 nitrogen and oxygen atoms in total. The molecule has 0 aliphatic heterocycles. The van der Waals surface area contributed by atoms with E-state index < -0.39 is 0 Å². The molecule has 0 spiro atoms. The first-order valence-corrected chi connectivity index (χ1v) is 6.55. The number of halogens is 3. The first-order valence-electron chi connectivity index (χ1n) is 5.38. The third-order valence-corrected chi connectivity index (χ3v) is 3.62. The van der Waals surface area contributed by atoms with Gasteiger partial charge in [-0.2, -0.15) is 0 Å². The lowest BCUT2D eigenvalue weighted by atomic mass is 10.1. The van der Waals surface area contributed by atoms with Crippen molar-refractivity contribution in [1.82, 2.24) is 4.98 Å². The molecular formula is C14H8BrClFN. The lowest BCUT2D eigenvalue weighted by molar-refractivity contribution is 0.631. The van der Waals surface area contributed by atoms with Crippen molar-refractivity contribution in [3.63, 3.8) is 0 Å². The van der Waals surface area contributed by atoms with Crippen molar-refractivity contribution >= 4 is 38.4 Å². The summed E-state index contributed by atoms with van der Waals surface area (Å²) >= 11 is 9.47. The van der Waals surface area contributed by atoms with E-state index in [0.29, 0.717) is 16.3 Å². The highest BCUT2D eigenvalue weighted by Crippen LogP contribution is 2.32. The molecule has 1 aromatic heterocycles. The number of nitrogens with one attached hydrogen (secondary N) is 1. The average molecular weight is 325 g/mol. The Labute approximate surface area is 117 Å². The summed E-state index contributed by atoms with van der Waals surface area (Å²) in [7, 11) is 0. The van der Waals surface area contributed by atoms with Crippen LogP contribution in [0.3, 0.4) is 0 Å². The number of benzene rings is 2. The minimum Gasteiger partial charge on any atom is -0.354 e. The van der Waals surface area contributed by atoms with Crippen molar-refractivity contribution in [1.29, 1.82) is 0 Å². The number of fused-ring (bicyclic) bond motifs is 1. The van der Waals surface area contributed by atoms with Crippen molar-refractivity contribution in [3.8, 4) is 11.3 Å². The van der Waals surface area contributed by atoms with E-state index in [4.69, 9.17) is 11.6 Å². The molecule has 4 heteroatoms. The van der Waals surface area contributed by atoms with E-state index in [0.717, 1.165) is 15.4 Å². The molecule has 0 bridgehead atoms. The van der Waals surface area contributed by atoms with Gasteiger partial charge in [-0.25, -0.2) is 4.39 Å². The Bertz CT molecular complexity index is 715. The number of aromatic nitrogens is 1. The van der Waals surface area contributed by atoms with Crippen LogP contribution in [0.5, 0.6) is 0 Å².